The molecule has 0 bridgehead atoms. The number of allylic oxidation sites excluding steroid dienone is 1. The van der Waals surface area contributed by atoms with E-state index < -0.39 is 0 Å². The van der Waals surface area contributed by atoms with Crippen LogP contribution in [0.3, 0.4) is 0 Å². The number of furan rings is 1. The molecule has 21 heavy (non-hydrogen) atoms. The summed E-state index contributed by atoms with van der Waals surface area (Å²) < 4.78 is 5.10. The normalized spacial score (nSPS) is 14.8. The van der Waals surface area contributed by atoms with Crippen LogP contribution in [-0.4, -0.2) is 17.6 Å². The van der Waals surface area contributed by atoms with Crippen LogP contribution in [0.15, 0.2) is 40.5 Å². The van der Waals surface area contributed by atoms with Gasteiger partial charge in [-0.15, -0.1) is 0 Å². The highest BCUT2D eigenvalue weighted by Crippen LogP contribution is 2.19. The molecule has 0 fully saturated rings. The van der Waals surface area contributed by atoms with Crippen molar-refractivity contribution in [3.63, 3.8) is 0 Å². The Morgan fingerprint density at radius 1 is 1.43 bits per heavy atom. The maximum atomic E-state index is 11.6. The maximum Gasteiger partial charge on any atom is 0.250 e. The molecule has 0 saturated carbocycles. The van der Waals surface area contributed by atoms with E-state index in [0.29, 0.717) is 10.9 Å². The third-order valence-electron chi connectivity index (χ3n) is 3.30. The van der Waals surface area contributed by atoms with E-state index in [1.54, 1.807) is 24.5 Å². The molecule has 1 aromatic heterocycles. The van der Waals surface area contributed by atoms with Crippen molar-refractivity contribution in [2.75, 3.05) is 6.54 Å². The van der Waals surface area contributed by atoms with Gasteiger partial charge in [0.2, 0.25) is 5.91 Å². The molecule has 0 saturated heterocycles. The molecule has 1 aromatic rings. The van der Waals surface area contributed by atoms with Crippen LogP contribution in [0.1, 0.15) is 37.9 Å². The van der Waals surface area contributed by atoms with Crippen molar-refractivity contribution in [3.8, 4) is 0 Å². The zero-order valence-corrected chi connectivity index (χ0v) is 12.7. The number of hydrogen-bond donors (Lipinski definition) is 2. The summed E-state index contributed by atoms with van der Waals surface area (Å²) in [7, 11) is 0. The lowest BCUT2D eigenvalue weighted by Gasteiger charge is -2.13. The van der Waals surface area contributed by atoms with Crippen molar-refractivity contribution >= 4 is 29.3 Å². The van der Waals surface area contributed by atoms with E-state index in [-0.39, 0.29) is 5.91 Å². The minimum atomic E-state index is -0.263. The molecule has 0 aliphatic heterocycles. The van der Waals surface area contributed by atoms with Crippen molar-refractivity contribution in [3.05, 3.63) is 41.9 Å². The molecule has 0 radical (unpaired) electrons. The first-order valence-corrected chi connectivity index (χ1v) is 7.63. The fourth-order valence-electron chi connectivity index (χ4n) is 2.21. The molecule has 0 aromatic carbocycles. The summed E-state index contributed by atoms with van der Waals surface area (Å²) in [6.45, 7) is 0.757. The monoisotopic (exact) mass is 304 g/mol. The molecule has 1 aliphatic rings. The molecule has 1 amide bonds. The largest absolute Gasteiger partial charge is 0.465 e. The number of carbonyl (C=O) groups excluding carboxylic acids is 1. The fourth-order valence-corrected chi connectivity index (χ4v) is 2.41. The van der Waals surface area contributed by atoms with Crippen LogP contribution >= 0.6 is 12.2 Å². The van der Waals surface area contributed by atoms with Gasteiger partial charge in [0.25, 0.3) is 0 Å². The zero-order chi connectivity index (χ0) is 14.9. The van der Waals surface area contributed by atoms with Gasteiger partial charge in [-0.1, -0.05) is 11.6 Å². The number of nitrogens with one attached hydrogen (secondary N) is 2. The van der Waals surface area contributed by atoms with Crippen LogP contribution in [-0.2, 0) is 4.79 Å². The summed E-state index contributed by atoms with van der Waals surface area (Å²) in [6.07, 6.45) is 12.8. The Morgan fingerprint density at radius 2 is 2.33 bits per heavy atom. The van der Waals surface area contributed by atoms with E-state index in [1.807, 2.05) is 0 Å². The van der Waals surface area contributed by atoms with Crippen molar-refractivity contribution in [1.29, 1.82) is 0 Å². The summed E-state index contributed by atoms with van der Waals surface area (Å²) in [4.78, 5) is 11.6. The minimum absolute atomic E-state index is 0.263. The summed E-state index contributed by atoms with van der Waals surface area (Å²) in [5.41, 5.74) is 1.49. The number of amides is 1. The number of carbonyl (C=O) groups is 1. The van der Waals surface area contributed by atoms with Gasteiger partial charge in [-0.25, -0.2) is 0 Å². The van der Waals surface area contributed by atoms with Gasteiger partial charge < -0.3 is 9.73 Å². The standard InChI is InChI=1S/C16H20N2O2S/c19-15(9-8-14-7-4-12-20-14)18-16(21)17-11-10-13-5-2-1-3-6-13/h4-5,7-9,12H,1-3,6,10-11H2,(H2,17,18,19,21)/b9-8+. The molecular weight excluding hydrogens is 284 g/mol. The van der Waals surface area contributed by atoms with Gasteiger partial charge in [0.15, 0.2) is 5.11 Å². The molecular formula is C16H20N2O2S. The number of hydrogen-bond acceptors (Lipinski definition) is 3. The van der Waals surface area contributed by atoms with Crippen molar-refractivity contribution < 1.29 is 9.21 Å². The Kier molecular flexibility index (Phi) is 6.22. The van der Waals surface area contributed by atoms with Crippen LogP contribution < -0.4 is 10.6 Å². The lowest BCUT2D eigenvalue weighted by atomic mass is 9.97. The van der Waals surface area contributed by atoms with E-state index in [1.165, 1.54) is 37.3 Å². The molecule has 5 heteroatoms. The van der Waals surface area contributed by atoms with Gasteiger partial charge in [-0.2, -0.15) is 0 Å². The van der Waals surface area contributed by atoms with Crippen LogP contribution in [0.5, 0.6) is 0 Å². The van der Waals surface area contributed by atoms with Crippen LogP contribution in [0, 0.1) is 0 Å². The van der Waals surface area contributed by atoms with Gasteiger partial charge in [0.05, 0.1) is 6.26 Å². The molecule has 4 nitrogen and oxygen atoms in total. The molecule has 0 spiro atoms. The molecule has 1 aliphatic carbocycles. The first kappa shape index (κ1) is 15.5. The Labute approximate surface area is 130 Å². The van der Waals surface area contributed by atoms with Crippen LogP contribution in [0.25, 0.3) is 6.08 Å². The third-order valence-corrected chi connectivity index (χ3v) is 3.54. The highest BCUT2D eigenvalue weighted by Gasteiger charge is 2.04. The quantitative estimate of drug-likeness (QED) is 0.498. The van der Waals surface area contributed by atoms with E-state index in [2.05, 4.69) is 16.7 Å². The smallest absolute Gasteiger partial charge is 0.250 e. The fraction of sp³-hybridized carbons (Fsp3) is 0.375. The van der Waals surface area contributed by atoms with Gasteiger partial charge in [-0.05, 0) is 62.5 Å². The average Bonchev–Trinajstić information content (AvgIpc) is 2.99. The lowest BCUT2D eigenvalue weighted by molar-refractivity contribution is -0.115. The Bertz CT molecular complexity index is 532. The second-order valence-electron chi connectivity index (χ2n) is 4.95. The SMILES string of the molecule is O=C(/C=C/c1ccco1)NC(=S)NCCC1=CCCCC1. The van der Waals surface area contributed by atoms with E-state index in [0.717, 1.165) is 13.0 Å². The second kappa shape index (κ2) is 8.42. The summed E-state index contributed by atoms with van der Waals surface area (Å²) >= 11 is 5.09. The van der Waals surface area contributed by atoms with Crippen molar-refractivity contribution in [1.82, 2.24) is 10.6 Å². The van der Waals surface area contributed by atoms with E-state index in [9.17, 15) is 4.79 Å². The van der Waals surface area contributed by atoms with Crippen molar-refractivity contribution in [2.24, 2.45) is 0 Å². The van der Waals surface area contributed by atoms with Gasteiger partial charge in [0.1, 0.15) is 5.76 Å². The van der Waals surface area contributed by atoms with Crippen molar-refractivity contribution in [2.45, 2.75) is 32.1 Å². The highest BCUT2D eigenvalue weighted by atomic mass is 32.1. The Balaban J connectivity index is 1.64. The Morgan fingerprint density at radius 3 is 3.05 bits per heavy atom. The van der Waals surface area contributed by atoms with Crippen LogP contribution in [0.2, 0.25) is 0 Å². The number of rotatable bonds is 5. The first-order chi connectivity index (χ1) is 10.2. The molecule has 2 rings (SSSR count). The maximum absolute atomic E-state index is 11.6. The Hall–Kier alpha value is -1.88. The average molecular weight is 304 g/mol. The van der Waals surface area contributed by atoms with E-state index >= 15 is 0 Å². The molecule has 112 valence electrons. The highest BCUT2D eigenvalue weighted by molar-refractivity contribution is 7.80. The second-order valence-corrected chi connectivity index (χ2v) is 5.36. The molecule has 0 atom stereocenters. The summed E-state index contributed by atoms with van der Waals surface area (Å²) in [6, 6.07) is 3.54. The van der Waals surface area contributed by atoms with E-state index in [4.69, 9.17) is 16.6 Å². The molecule has 2 N–H and O–H groups in total. The van der Waals surface area contributed by atoms with Crippen LogP contribution in [0.4, 0.5) is 0 Å². The molecule has 0 unspecified atom stereocenters. The zero-order valence-electron chi connectivity index (χ0n) is 11.9. The first-order valence-electron chi connectivity index (χ1n) is 7.22. The number of thiocarbonyl (C=S) groups is 1. The molecule has 1 heterocycles. The van der Waals surface area contributed by atoms with Gasteiger partial charge in [0, 0.05) is 12.6 Å². The summed E-state index contributed by atoms with van der Waals surface area (Å²) in [5, 5.41) is 6.03. The minimum Gasteiger partial charge on any atom is -0.465 e. The topological polar surface area (TPSA) is 54.3 Å². The predicted molar refractivity (Wildman–Crippen MR) is 87.7 cm³/mol. The third kappa shape index (κ3) is 5.95. The summed E-state index contributed by atoms with van der Waals surface area (Å²) in [5.74, 6) is 0.369. The van der Waals surface area contributed by atoms with Gasteiger partial charge >= 0.3 is 0 Å². The predicted octanol–water partition coefficient (Wildman–Crippen LogP) is 3.17. The van der Waals surface area contributed by atoms with Gasteiger partial charge in [-0.3, -0.25) is 10.1 Å². The lowest BCUT2D eigenvalue weighted by Crippen LogP contribution is -2.38.